The van der Waals surface area contributed by atoms with Crippen molar-refractivity contribution in [2.24, 2.45) is 0 Å². The quantitative estimate of drug-likeness (QED) is 0.530. The molecule has 2 aromatic heterocycles. The lowest BCUT2D eigenvalue weighted by Gasteiger charge is -2.22. The number of carbonyl (C=O) groups is 2. The van der Waals surface area contributed by atoms with E-state index in [1.165, 1.54) is 18.3 Å². The van der Waals surface area contributed by atoms with Gasteiger partial charge in [-0.2, -0.15) is 0 Å². The summed E-state index contributed by atoms with van der Waals surface area (Å²) in [5, 5.41) is 0. The molecule has 3 aromatic rings. The van der Waals surface area contributed by atoms with E-state index < -0.39 is 0 Å². The number of aromatic nitrogens is 1. The van der Waals surface area contributed by atoms with Crippen LogP contribution >= 0.6 is 0 Å². The molecule has 0 bridgehead atoms. The summed E-state index contributed by atoms with van der Waals surface area (Å²) >= 11 is 0. The van der Waals surface area contributed by atoms with E-state index >= 15 is 0 Å². The standard InChI is InChI=1S/C26H31N3O4/c1-19-5-6-20(2)29(19)23-9-7-22(8-10-23)26(31)28-14-4-13-27(15-16-28)17-24-11-12-25(33-24)18-32-21(3)30/h5-12H,4,13-18H2,1-3H3. The van der Waals surface area contributed by atoms with E-state index in [0.717, 1.165) is 43.1 Å². The number of benzene rings is 1. The summed E-state index contributed by atoms with van der Waals surface area (Å²) in [7, 11) is 0. The van der Waals surface area contributed by atoms with E-state index in [1.807, 2.05) is 41.3 Å². The Hall–Kier alpha value is -3.32. The number of carbonyl (C=O) groups excluding carboxylic acids is 2. The Bertz CT molecular complexity index is 1090. The number of furan rings is 1. The molecule has 0 atom stereocenters. The number of rotatable bonds is 6. The summed E-state index contributed by atoms with van der Waals surface area (Å²) in [4.78, 5) is 28.3. The smallest absolute Gasteiger partial charge is 0.303 e. The molecule has 174 valence electrons. The predicted molar refractivity (Wildman–Crippen MR) is 125 cm³/mol. The molecule has 1 aromatic carbocycles. The number of esters is 1. The van der Waals surface area contributed by atoms with Crippen LogP contribution in [0.3, 0.4) is 0 Å². The van der Waals surface area contributed by atoms with E-state index in [-0.39, 0.29) is 18.5 Å². The molecule has 0 spiro atoms. The van der Waals surface area contributed by atoms with Gasteiger partial charge in [0.15, 0.2) is 0 Å². The maximum atomic E-state index is 13.1. The first-order valence-electron chi connectivity index (χ1n) is 11.4. The molecule has 33 heavy (non-hydrogen) atoms. The fourth-order valence-corrected chi connectivity index (χ4v) is 4.32. The molecule has 1 aliphatic rings. The summed E-state index contributed by atoms with van der Waals surface area (Å²) < 4.78 is 12.9. The minimum atomic E-state index is -0.324. The van der Waals surface area contributed by atoms with Gasteiger partial charge in [0.05, 0.1) is 6.54 Å². The molecule has 1 amide bonds. The van der Waals surface area contributed by atoms with E-state index in [2.05, 4.69) is 35.4 Å². The number of amides is 1. The maximum absolute atomic E-state index is 13.1. The monoisotopic (exact) mass is 449 g/mol. The Kier molecular flexibility index (Phi) is 6.99. The molecular formula is C26H31N3O4. The van der Waals surface area contributed by atoms with Gasteiger partial charge in [0.25, 0.3) is 5.91 Å². The van der Waals surface area contributed by atoms with E-state index in [4.69, 9.17) is 9.15 Å². The minimum absolute atomic E-state index is 0.0750. The Morgan fingerprint density at radius 1 is 0.879 bits per heavy atom. The normalized spacial score (nSPS) is 14.8. The highest BCUT2D eigenvalue weighted by atomic mass is 16.5. The topological polar surface area (TPSA) is 67.9 Å². The molecule has 1 fully saturated rings. The molecular weight excluding hydrogens is 418 g/mol. The van der Waals surface area contributed by atoms with E-state index in [1.54, 1.807) is 0 Å². The second-order valence-electron chi connectivity index (χ2n) is 8.57. The van der Waals surface area contributed by atoms with Gasteiger partial charge in [-0.1, -0.05) is 0 Å². The Morgan fingerprint density at radius 2 is 1.58 bits per heavy atom. The van der Waals surface area contributed by atoms with Crippen LogP contribution in [0.25, 0.3) is 5.69 Å². The molecule has 0 radical (unpaired) electrons. The fraction of sp³-hybridized carbons (Fsp3) is 0.385. The largest absolute Gasteiger partial charge is 0.461 e. The number of nitrogens with zero attached hydrogens (tertiary/aromatic N) is 3. The molecule has 1 saturated heterocycles. The van der Waals surface area contributed by atoms with Crippen molar-refractivity contribution in [2.45, 2.75) is 40.3 Å². The van der Waals surface area contributed by atoms with Gasteiger partial charge in [0, 0.05) is 55.7 Å². The van der Waals surface area contributed by atoms with Crippen molar-refractivity contribution < 1.29 is 18.7 Å². The van der Waals surface area contributed by atoms with Crippen molar-refractivity contribution in [3.8, 4) is 5.69 Å². The molecule has 4 rings (SSSR count). The molecule has 0 aliphatic carbocycles. The number of hydrogen-bond donors (Lipinski definition) is 0. The molecule has 0 N–H and O–H groups in total. The Balaban J connectivity index is 1.34. The van der Waals surface area contributed by atoms with Gasteiger partial charge in [-0.25, -0.2) is 0 Å². The van der Waals surface area contributed by atoms with Gasteiger partial charge in [-0.05, 0) is 68.8 Å². The third-order valence-electron chi connectivity index (χ3n) is 6.03. The lowest BCUT2D eigenvalue weighted by molar-refractivity contribution is -0.142. The molecule has 7 nitrogen and oxygen atoms in total. The molecule has 3 heterocycles. The van der Waals surface area contributed by atoms with Crippen LogP contribution in [0.5, 0.6) is 0 Å². The lowest BCUT2D eigenvalue weighted by Crippen LogP contribution is -2.35. The zero-order valence-corrected chi connectivity index (χ0v) is 19.5. The van der Waals surface area contributed by atoms with Gasteiger partial charge in [-0.15, -0.1) is 0 Å². The highest BCUT2D eigenvalue weighted by molar-refractivity contribution is 5.94. The van der Waals surface area contributed by atoms with Crippen molar-refractivity contribution in [2.75, 3.05) is 26.2 Å². The van der Waals surface area contributed by atoms with Crippen LogP contribution in [0.4, 0.5) is 0 Å². The Morgan fingerprint density at radius 3 is 2.27 bits per heavy atom. The van der Waals surface area contributed by atoms with Crippen LogP contribution in [0, 0.1) is 13.8 Å². The SMILES string of the molecule is CC(=O)OCc1ccc(CN2CCCN(C(=O)c3ccc(-n4c(C)ccc4C)cc3)CC2)o1. The second kappa shape index (κ2) is 10.1. The van der Waals surface area contributed by atoms with Crippen LogP contribution in [-0.4, -0.2) is 52.4 Å². The van der Waals surface area contributed by atoms with Crippen LogP contribution in [0.2, 0.25) is 0 Å². The average Bonchev–Trinajstić information content (AvgIpc) is 3.30. The van der Waals surface area contributed by atoms with Crippen LogP contribution in [0.1, 0.15) is 46.6 Å². The molecule has 0 unspecified atom stereocenters. The number of ether oxygens (including phenoxy) is 1. The van der Waals surface area contributed by atoms with Gasteiger partial charge in [0.1, 0.15) is 18.1 Å². The number of aryl methyl sites for hydroxylation is 2. The third kappa shape index (κ3) is 5.54. The summed E-state index contributed by atoms with van der Waals surface area (Å²) in [6.45, 7) is 9.47. The maximum Gasteiger partial charge on any atom is 0.303 e. The zero-order valence-electron chi connectivity index (χ0n) is 19.5. The summed E-state index contributed by atoms with van der Waals surface area (Å²) in [6, 6.07) is 15.8. The summed E-state index contributed by atoms with van der Waals surface area (Å²) in [5.74, 6) is 1.23. The molecule has 0 saturated carbocycles. The van der Waals surface area contributed by atoms with Crippen molar-refractivity contribution in [1.82, 2.24) is 14.4 Å². The first kappa shape index (κ1) is 22.9. The van der Waals surface area contributed by atoms with Gasteiger partial charge >= 0.3 is 5.97 Å². The highest BCUT2D eigenvalue weighted by Crippen LogP contribution is 2.19. The van der Waals surface area contributed by atoms with Crippen LogP contribution in [-0.2, 0) is 22.7 Å². The van der Waals surface area contributed by atoms with Gasteiger partial charge < -0.3 is 18.6 Å². The predicted octanol–water partition coefficient (Wildman–Crippen LogP) is 4.10. The fourth-order valence-electron chi connectivity index (χ4n) is 4.32. The average molecular weight is 450 g/mol. The highest BCUT2D eigenvalue weighted by Gasteiger charge is 2.21. The first-order chi connectivity index (χ1) is 15.9. The summed E-state index contributed by atoms with van der Waals surface area (Å²) in [5.41, 5.74) is 4.14. The van der Waals surface area contributed by atoms with Crippen LogP contribution in [0.15, 0.2) is 52.9 Å². The minimum Gasteiger partial charge on any atom is -0.461 e. The third-order valence-corrected chi connectivity index (χ3v) is 6.03. The second-order valence-corrected chi connectivity index (χ2v) is 8.57. The summed E-state index contributed by atoms with van der Waals surface area (Å²) in [6.07, 6.45) is 0.909. The first-order valence-corrected chi connectivity index (χ1v) is 11.4. The molecule has 1 aliphatic heterocycles. The zero-order chi connectivity index (χ0) is 23.4. The van der Waals surface area contributed by atoms with Crippen molar-refractivity contribution in [1.29, 1.82) is 0 Å². The molecule has 7 heteroatoms. The van der Waals surface area contributed by atoms with Crippen molar-refractivity contribution >= 4 is 11.9 Å². The van der Waals surface area contributed by atoms with Gasteiger partial charge in [-0.3, -0.25) is 14.5 Å². The van der Waals surface area contributed by atoms with Crippen LogP contribution < -0.4 is 0 Å². The van der Waals surface area contributed by atoms with E-state index in [9.17, 15) is 9.59 Å². The van der Waals surface area contributed by atoms with Gasteiger partial charge in [0.2, 0.25) is 0 Å². The van der Waals surface area contributed by atoms with Crippen molar-refractivity contribution in [3.63, 3.8) is 0 Å². The van der Waals surface area contributed by atoms with Crippen molar-refractivity contribution in [3.05, 3.63) is 77.0 Å². The Labute approximate surface area is 194 Å². The number of hydrogen-bond acceptors (Lipinski definition) is 5. The lowest BCUT2D eigenvalue weighted by atomic mass is 10.1. The van der Waals surface area contributed by atoms with E-state index in [0.29, 0.717) is 18.8 Å².